The zero-order chi connectivity index (χ0) is 23.8. The van der Waals surface area contributed by atoms with Gasteiger partial charge in [-0.15, -0.1) is 11.3 Å². The lowest BCUT2D eigenvalue weighted by Crippen LogP contribution is -2.48. The molecular formula is C22H21Br2F2N3O2S2. The molecule has 0 bridgehead atoms. The van der Waals surface area contributed by atoms with Crippen LogP contribution in [0.5, 0.6) is 0 Å². The van der Waals surface area contributed by atoms with Crippen molar-refractivity contribution in [1.29, 1.82) is 0 Å². The molecule has 0 saturated carbocycles. The number of piperazine rings is 1. The molecule has 0 spiro atoms. The quantitative estimate of drug-likeness (QED) is 0.314. The lowest BCUT2D eigenvalue weighted by atomic mass is 10.1. The summed E-state index contributed by atoms with van der Waals surface area (Å²) in [6.45, 7) is 3.23. The summed E-state index contributed by atoms with van der Waals surface area (Å²) in [6, 6.07) is 9.26. The number of sulfonamides is 1. The van der Waals surface area contributed by atoms with E-state index in [0.717, 1.165) is 35.3 Å². The molecule has 0 aliphatic carbocycles. The van der Waals surface area contributed by atoms with E-state index in [1.807, 2.05) is 10.3 Å². The first kappa shape index (κ1) is 24.7. The predicted molar refractivity (Wildman–Crippen MR) is 134 cm³/mol. The molecule has 1 aliphatic heterocycles. The summed E-state index contributed by atoms with van der Waals surface area (Å²) in [5, 5.41) is 2.80. The lowest BCUT2D eigenvalue weighted by Gasteiger charge is -2.34. The molecule has 1 aliphatic rings. The third-order valence-electron chi connectivity index (χ3n) is 5.46. The Labute approximate surface area is 212 Å². The van der Waals surface area contributed by atoms with Crippen LogP contribution < -0.4 is 4.90 Å². The number of aryl methyl sites for hydroxylation is 1. The van der Waals surface area contributed by atoms with E-state index in [1.54, 1.807) is 0 Å². The number of aromatic nitrogens is 1. The molecule has 176 valence electrons. The van der Waals surface area contributed by atoms with Crippen LogP contribution in [0.2, 0.25) is 0 Å². The van der Waals surface area contributed by atoms with Crippen LogP contribution >= 0.6 is 43.2 Å². The third-order valence-corrected chi connectivity index (χ3v) is 9.92. The predicted octanol–water partition coefficient (Wildman–Crippen LogP) is 6.08. The third kappa shape index (κ3) is 5.02. The molecule has 0 amide bonds. The highest BCUT2D eigenvalue weighted by Crippen LogP contribution is 2.35. The summed E-state index contributed by atoms with van der Waals surface area (Å²) >= 11 is 7.28. The first-order valence-corrected chi connectivity index (χ1v) is 14.3. The van der Waals surface area contributed by atoms with Crippen LogP contribution in [0, 0.1) is 11.6 Å². The summed E-state index contributed by atoms with van der Waals surface area (Å²) in [4.78, 5) is 6.05. The molecule has 0 unspecified atom stereocenters. The molecule has 2 aromatic carbocycles. The van der Waals surface area contributed by atoms with Crippen molar-refractivity contribution in [2.75, 3.05) is 31.1 Å². The van der Waals surface area contributed by atoms with Gasteiger partial charge in [0, 0.05) is 37.1 Å². The zero-order valence-electron chi connectivity index (χ0n) is 17.7. The summed E-state index contributed by atoms with van der Waals surface area (Å²) in [7, 11) is -4.22. The van der Waals surface area contributed by atoms with Crippen LogP contribution in [0.1, 0.15) is 18.9 Å². The minimum atomic E-state index is -4.22. The summed E-state index contributed by atoms with van der Waals surface area (Å²) in [6.07, 6.45) is 2.14. The van der Waals surface area contributed by atoms with Crippen molar-refractivity contribution in [3.63, 3.8) is 0 Å². The number of halogens is 4. The maximum Gasteiger partial charge on any atom is 0.247 e. The Morgan fingerprint density at radius 3 is 2.39 bits per heavy atom. The first-order valence-electron chi connectivity index (χ1n) is 10.3. The fraction of sp³-hybridized carbons (Fsp3) is 0.318. The molecule has 1 fully saturated rings. The molecule has 0 radical (unpaired) electrons. The highest BCUT2D eigenvalue weighted by Gasteiger charge is 2.35. The van der Waals surface area contributed by atoms with Gasteiger partial charge in [0.05, 0.1) is 14.6 Å². The highest BCUT2D eigenvalue weighted by molar-refractivity contribution is 9.11. The van der Waals surface area contributed by atoms with Crippen molar-refractivity contribution in [2.45, 2.75) is 24.7 Å². The minimum absolute atomic E-state index is 0.142. The molecule has 2 heterocycles. The largest absolute Gasteiger partial charge is 0.345 e. The van der Waals surface area contributed by atoms with E-state index in [1.165, 1.54) is 21.2 Å². The first-order chi connectivity index (χ1) is 15.7. The molecule has 4 rings (SSSR count). The molecule has 0 N–H and O–H groups in total. The van der Waals surface area contributed by atoms with E-state index in [2.05, 4.69) is 63.0 Å². The Hall–Kier alpha value is -1.40. The van der Waals surface area contributed by atoms with Crippen LogP contribution in [-0.4, -0.2) is 43.9 Å². The summed E-state index contributed by atoms with van der Waals surface area (Å²) in [5.74, 6) is -1.86. The van der Waals surface area contributed by atoms with Gasteiger partial charge >= 0.3 is 0 Å². The highest BCUT2D eigenvalue weighted by atomic mass is 79.9. The van der Waals surface area contributed by atoms with Gasteiger partial charge in [-0.05, 0) is 49.9 Å². The summed E-state index contributed by atoms with van der Waals surface area (Å²) < 4.78 is 55.4. The average molecular weight is 621 g/mol. The van der Waals surface area contributed by atoms with Crippen LogP contribution in [0.25, 0.3) is 11.3 Å². The Balaban J connectivity index is 1.48. The number of benzene rings is 2. The number of hydrogen-bond donors (Lipinski definition) is 0. The maximum absolute atomic E-state index is 14.6. The molecule has 33 heavy (non-hydrogen) atoms. The fourth-order valence-corrected chi connectivity index (χ4v) is 7.58. The van der Waals surface area contributed by atoms with Crippen molar-refractivity contribution in [2.24, 2.45) is 0 Å². The van der Waals surface area contributed by atoms with Crippen LogP contribution in [-0.2, 0) is 16.4 Å². The van der Waals surface area contributed by atoms with E-state index in [4.69, 9.17) is 4.98 Å². The second kappa shape index (κ2) is 10.1. The second-order valence-electron chi connectivity index (χ2n) is 7.65. The molecule has 3 aromatic rings. The fourth-order valence-electron chi connectivity index (χ4n) is 3.70. The number of thiazole rings is 1. The van der Waals surface area contributed by atoms with Gasteiger partial charge in [0.1, 0.15) is 10.7 Å². The standard InChI is InChI=1S/C22H21Br2F2N3O2S2/c1-2-3-14-4-6-15(7-5-14)18-13-32-22(27-18)28-8-10-29(11-9-28)33(30,31)21-19(24)17(25)12-16(23)20(21)26/h4-7,12-13H,2-3,8-11H2,1H3. The van der Waals surface area contributed by atoms with E-state index in [9.17, 15) is 17.2 Å². The molecular weight excluding hydrogens is 600 g/mol. The van der Waals surface area contributed by atoms with Gasteiger partial charge in [0.15, 0.2) is 10.9 Å². The van der Waals surface area contributed by atoms with Crippen LogP contribution in [0.15, 0.2) is 49.6 Å². The minimum Gasteiger partial charge on any atom is -0.345 e. The van der Waals surface area contributed by atoms with Gasteiger partial charge in [0.25, 0.3) is 0 Å². The van der Waals surface area contributed by atoms with Gasteiger partial charge < -0.3 is 4.90 Å². The number of rotatable bonds is 6. The zero-order valence-corrected chi connectivity index (χ0v) is 22.5. The smallest absolute Gasteiger partial charge is 0.247 e. The lowest BCUT2D eigenvalue weighted by molar-refractivity contribution is 0.381. The SMILES string of the molecule is CCCc1ccc(-c2csc(N3CCN(S(=O)(=O)c4c(F)c(Br)cc(F)c4Br)CC3)n2)cc1. The van der Waals surface area contributed by atoms with Crippen molar-refractivity contribution in [3.8, 4) is 11.3 Å². The second-order valence-corrected chi connectivity index (χ2v) is 12.0. The topological polar surface area (TPSA) is 53.5 Å². The molecule has 0 atom stereocenters. The van der Waals surface area contributed by atoms with Crippen molar-refractivity contribution in [1.82, 2.24) is 9.29 Å². The van der Waals surface area contributed by atoms with Crippen molar-refractivity contribution in [3.05, 3.63) is 61.9 Å². The molecule has 11 heteroatoms. The average Bonchev–Trinajstić information content (AvgIpc) is 3.29. The van der Waals surface area contributed by atoms with Gasteiger partial charge in [-0.1, -0.05) is 37.6 Å². The number of hydrogen-bond acceptors (Lipinski definition) is 5. The van der Waals surface area contributed by atoms with Crippen LogP contribution in [0.4, 0.5) is 13.9 Å². The molecule has 1 aromatic heterocycles. The van der Waals surface area contributed by atoms with Gasteiger partial charge in [0.2, 0.25) is 10.0 Å². The number of nitrogens with zero attached hydrogens (tertiary/aromatic N) is 3. The monoisotopic (exact) mass is 619 g/mol. The van der Waals surface area contributed by atoms with Crippen molar-refractivity contribution >= 4 is 58.4 Å². The normalized spacial score (nSPS) is 15.2. The van der Waals surface area contributed by atoms with Gasteiger partial charge in [-0.3, -0.25) is 0 Å². The van der Waals surface area contributed by atoms with Gasteiger partial charge in [-0.2, -0.15) is 4.31 Å². The van der Waals surface area contributed by atoms with Crippen LogP contribution in [0.3, 0.4) is 0 Å². The Morgan fingerprint density at radius 2 is 1.76 bits per heavy atom. The van der Waals surface area contributed by atoms with E-state index in [0.29, 0.717) is 13.1 Å². The molecule has 1 saturated heterocycles. The summed E-state index contributed by atoms with van der Waals surface area (Å²) in [5.41, 5.74) is 3.21. The number of anilines is 1. The Bertz CT molecular complexity index is 1230. The van der Waals surface area contributed by atoms with E-state index >= 15 is 0 Å². The van der Waals surface area contributed by atoms with Crippen molar-refractivity contribution < 1.29 is 17.2 Å². The van der Waals surface area contributed by atoms with E-state index in [-0.39, 0.29) is 17.6 Å². The maximum atomic E-state index is 14.6. The Kier molecular flexibility index (Phi) is 7.54. The Morgan fingerprint density at radius 1 is 1.09 bits per heavy atom. The molecule has 5 nitrogen and oxygen atoms in total. The van der Waals surface area contributed by atoms with Gasteiger partial charge in [-0.25, -0.2) is 22.2 Å². The van der Waals surface area contributed by atoms with E-state index < -0.39 is 31.0 Å².